The van der Waals surface area contributed by atoms with E-state index in [0.29, 0.717) is 5.02 Å². The van der Waals surface area contributed by atoms with Crippen LogP contribution in [-0.4, -0.2) is 23.1 Å². The van der Waals surface area contributed by atoms with Gasteiger partial charge >= 0.3 is 0 Å². The van der Waals surface area contributed by atoms with E-state index < -0.39 is 0 Å². The Labute approximate surface area is 162 Å². The Hall–Kier alpha value is -2.23. The summed E-state index contributed by atoms with van der Waals surface area (Å²) in [7, 11) is 0. The van der Waals surface area contributed by atoms with Crippen molar-refractivity contribution in [3.05, 3.63) is 95.0 Å². The number of hydrogen-bond donors (Lipinski definition) is 0. The minimum atomic E-state index is 0.0231. The van der Waals surface area contributed by atoms with Crippen molar-refractivity contribution in [2.75, 3.05) is 12.3 Å². The van der Waals surface area contributed by atoms with Crippen molar-refractivity contribution >= 4 is 29.3 Å². The third-order valence-electron chi connectivity index (χ3n) is 4.52. The first-order valence-electron chi connectivity index (χ1n) is 8.56. The average molecular weight is 380 g/mol. The number of amides is 1. The Balaban J connectivity index is 1.57. The van der Waals surface area contributed by atoms with E-state index in [-0.39, 0.29) is 11.3 Å². The van der Waals surface area contributed by atoms with Gasteiger partial charge in [-0.1, -0.05) is 66.2 Å². The number of hydrogen-bond acceptors (Lipinski definition) is 2. The molecule has 0 N–H and O–H groups in total. The molecule has 0 aliphatic carbocycles. The molecule has 2 nitrogen and oxygen atoms in total. The molecular formula is C22H18ClNOS. The Morgan fingerprint density at radius 2 is 1.65 bits per heavy atom. The minimum absolute atomic E-state index is 0.0231. The quantitative estimate of drug-likeness (QED) is 0.565. The van der Waals surface area contributed by atoms with Crippen LogP contribution in [0.2, 0.25) is 5.02 Å². The molecule has 0 aromatic heterocycles. The lowest BCUT2D eigenvalue weighted by molar-refractivity contribution is 0.0760. The van der Waals surface area contributed by atoms with Gasteiger partial charge in [0.1, 0.15) is 5.37 Å². The van der Waals surface area contributed by atoms with Gasteiger partial charge < -0.3 is 4.90 Å². The van der Waals surface area contributed by atoms with E-state index in [4.69, 9.17) is 11.6 Å². The van der Waals surface area contributed by atoms with Gasteiger partial charge in [-0.05, 0) is 41.0 Å². The molecule has 26 heavy (non-hydrogen) atoms. The van der Waals surface area contributed by atoms with Crippen molar-refractivity contribution in [2.24, 2.45) is 0 Å². The summed E-state index contributed by atoms with van der Waals surface area (Å²) in [5, 5.41) is 0.726. The van der Waals surface area contributed by atoms with Gasteiger partial charge in [0.15, 0.2) is 0 Å². The Kier molecular flexibility index (Phi) is 5.00. The molecule has 1 atom stereocenters. The maximum Gasteiger partial charge on any atom is 0.255 e. The van der Waals surface area contributed by atoms with Crippen LogP contribution < -0.4 is 0 Å². The smallest absolute Gasteiger partial charge is 0.255 e. The fraction of sp³-hybridized carbons (Fsp3) is 0.136. The molecular weight excluding hydrogens is 362 g/mol. The van der Waals surface area contributed by atoms with Crippen molar-refractivity contribution in [3.63, 3.8) is 0 Å². The first-order valence-corrected chi connectivity index (χ1v) is 9.98. The largest absolute Gasteiger partial charge is 0.322 e. The van der Waals surface area contributed by atoms with E-state index in [1.807, 2.05) is 71.6 Å². The predicted molar refractivity (Wildman–Crippen MR) is 110 cm³/mol. The topological polar surface area (TPSA) is 20.3 Å². The highest BCUT2D eigenvalue weighted by Crippen LogP contribution is 2.39. The van der Waals surface area contributed by atoms with Crippen LogP contribution in [0.4, 0.5) is 0 Å². The van der Waals surface area contributed by atoms with E-state index in [0.717, 1.165) is 34.6 Å². The van der Waals surface area contributed by atoms with Crippen LogP contribution >= 0.6 is 23.4 Å². The summed E-state index contributed by atoms with van der Waals surface area (Å²) >= 11 is 7.91. The van der Waals surface area contributed by atoms with Crippen molar-refractivity contribution < 1.29 is 4.79 Å². The van der Waals surface area contributed by atoms with Gasteiger partial charge in [0, 0.05) is 22.9 Å². The summed E-state index contributed by atoms with van der Waals surface area (Å²) < 4.78 is 0. The lowest BCUT2D eigenvalue weighted by Gasteiger charge is -2.24. The molecule has 1 amide bonds. The molecule has 0 saturated carbocycles. The van der Waals surface area contributed by atoms with Gasteiger partial charge in [0.05, 0.1) is 0 Å². The second-order valence-electron chi connectivity index (χ2n) is 6.22. The van der Waals surface area contributed by atoms with E-state index in [2.05, 4.69) is 12.1 Å². The van der Waals surface area contributed by atoms with Gasteiger partial charge in [0.25, 0.3) is 5.91 Å². The van der Waals surface area contributed by atoms with Crippen LogP contribution in [0.25, 0.3) is 11.1 Å². The number of benzene rings is 3. The number of rotatable bonds is 3. The summed E-state index contributed by atoms with van der Waals surface area (Å²) in [6, 6.07) is 25.8. The first kappa shape index (κ1) is 17.2. The summed E-state index contributed by atoms with van der Waals surface area (Å²) in [4.78, 5) is 15.0. The zero-order valence-electron chi connectivity index (χ0n) is 14.1. The zero-order valence-corrected chi connectivity index (χ0v) is 15.7. The van der Waals surface area contributed by atoms with Crippen LogP contribution in [0.5, 0.6) is 0 Å². The van der Waals surface area contributed by atoms with Crippen molar-refractivity contribution in [1.29, 1.82) is 0 Å². The van der Waals surface area contributed by atoms with E-state index in [1.54, 1.807) is 11.8 Å². The Morgan fingerprint density at radius 1 is 0.923 bits per heavy atom. The third-order valence-corrected chi connectivity index (χ3v) is 6.02. The molecule has 130 valence electrons. The molecule has 0 spiro atoms. The highest BCUT2D eigenvalue weighted by Gasteiger charge is 2.31. The van der Waals surface area contributed by atoms with Gasteiger partial charge in [-0.25, -0.2) is 0 Å². The Bertz CT molecular complexity index is 911. The van der Waals surface area contributed by atoms with Crippen molar-refractivity contribution in [2.45, 2.75) is 5.37 Å². The lowest BCUT2D eigenvalue weighted by Crippen LogP contribution is -2.30. The molecule has 1 aliphatic heterocycles. The van der Waals surface area contributed by atoms with Crippen LogP contribution in [-0.2, 0) is 0 Å². The number of thioether (sulfide) groups is 1. The fourth-order valence-corrected chi connectivity index (χ4v) is 4.66. The minimum Gasteiger partial charge on any atom is -0.322 e. The molecule has 0 radical (unpaired) electrons. The van der Waals surface area contributed by atoms with Crippen molar-refractivity contribution in [1.82, 2.24) is 4.90 Å². The maximum atomic E-state index is 13.0. The number of nitrogens with zero attached hydrogens (tertiary/aromatic N) is 1. The van der Waals surface area contributed by atoms with Crippen LogP contribution in [0.3, 0.4) is 0 Å². The second kappa shape index (κ2) is 7.56. The first-order chi connectivity index (χ1) is 12.7. The second-order valence-corrected chi connectivity index (χ2v) is 7.84. The highest BCUT2D eigenvalue weighted by molar-refractivity contribution is 7.99. The van der Waals surface area contributed by atoms with Gasteiger partial charge in [-0.2, -0.15) is 0 Å². The van der Waals surface area contributed by atoms with E-state index >= 15 is 0 Å². The third kappa shape index (κ3) is 3.50. The van der Waals surface area contributed by atoms with Crippen LogP contribution in [0, 0.1) is 0 Å². The summed E-state index contributed by atoms with van der Waals surface area (Å²) in [5.41, 5.74) is 4.07. The average Bonchev–Trinajstić information content (AvgIpc) is 3.18. The zero-order chi connectivity index (χ0) is 17.9. The molecule has 1 aliphatic rings. The van der Waals surface area contributed by atoms with Crippen LogP contribution in [0.15, 0.2) is 78.9 Å². The summed E-state index contributed by atoms with van der Waals surface area (Å²) in [6.45, 7) is 0.751. The molecule has 0 bridgehead atoms. The summed E-state index contributed by atoms with van der Waals surface area (Å²) in [5.74, 6) is 1.00. The lowest BCUT2D eigenvalue weighted by atomic mass is 10.0. The van der Waals surface area contributed by atoms with Crippen molar-refractivity contribution in [3.8, 4) is 11.1 Å². The molecule has 4 heteroatoms. The molecule has 0 unspecified atom stereocenters. The normalized spacial score (nSPS) is 16.7. The molecule has 4 rings (SSSR count). The number of carbonyl (C=O) groups is 1. The van der Waals surface area contributed by atoms with Gasteiger partial charge in [0.2, 0.25) is 0 Å². The fourth-order valence-electron chi connectivity index (χ4n) is 3.22. The number of carbonyl (C=O) groups excluding carboxylic acids is 1. The van der Waals surface area contributed by atoms with E-state index in [9.17, 15) is 4.79 Å². The molecule has 1 fully saturated rings. The molecule has 1 heterocycles. The predicted octanol–water partition coefficient (Wildman–Crippen LogP) is 5.89. The molecule has 1 saturated heterocycles. The summed E-state index contributed by atoms with van der Waals surface area (Å²) in [6.07, 6.45) is 0. The van der Waals surface area contributed by atoms with Gasteiger partial charge in [-0.15, -0.1) is 11.8 Å². The van der Waals surface area contributed by atoms with Crippen LogP contribution in [0.1, 0.15) is 21.3 Å². The molecule has 3 aromatic rings. The molecule has 3 aromatic carbocycles. The number of halogens is 1. The van der Waals surface area contributed by atoms with Gasteiger partial charge in [-0.3, -0.25) is 4.79 Å². The SMILES string of the molecule is O=C(c1ccc(-c2ccccc2)cc1)N1CCS[C@H]1c1cccc(Cl)c1. The monoisotopic (exact) mass is 379 g/mol. The maximum absolute atomic E-state index is 13.0. The van der Waals surface area contributed by atoms with E-state index in [1.165, 1.54) is 0 Å². The standard InChI is InChI=1S/C22H18ClNOS/c23-20-8-4-7-19(15-20)22-24(13-14-26-22)21(25)18-11-9-17(10-12-18)16-5-2-1-3-6-16/h1-12,15,22H,13-14H2/t22-/m0/s1. The Morgan fingerprint density at radius 3 is 2.38 bits per heavy atom. The highest BCUT2D eigenvalue weighted by atomic mass is 35.5.